The molecule has 1 fully saturated rings. The van der Waals surface area contributed by atoms with E-state index in [1.165, 1.54) is 0 Å². The summed E-state index contributed by atoms with van der Waals surface area (Å²) in [4.78, 5) is 16.3. The second kappa shape index (κ2) is 5.61. The summed E-state index contributed by atoms with van der Waals surface area (Å²) in [6.07, 6.45) is 0. The van der Waals surface area contributed by atoms with Crippen LogP contribution in [-0.2, 0) is 4.79 Å². The monoisotopic (exact) mass is 228 g/mol. The minimum absolute atomic E-state index is 0.0922. The van der Waals surface area contributed by atoms with Crippen molar-refractivity contribution in [2.45, 2.75) is 20.8 Å². The average molecular weight is 228 g/mol. The third-order valence-electron chi connectivity index (χ3n) is 3.28. The smallest absolute Gasteiger partial charge is 0.240 e. The van der Waals surface area contributed by atoms with Crippen molar-refractivity contribution in [2.24, 2.45) is 11.3 Å². The fourth-order valence-electron chi connectivity index (χ4n) is 2.09. The van der Waals surface area contributed by atoms with Gasteiger partial charge in [-0.25, -0.2) is 5.84 Å². The van der Waals surface area contributed by atoms with Crippen LogP contribution in [0, 0.1) is 5.41 Å². The van der Waals surface area contributed by atoms with E-state index >= 15 is 0 Å². The molecule has 1 aliphatic heterocycles. The van der Waals surface area contributed by atoms with Gasteiger partial charge in [-0.05, 0) is 20.4 Å². The number of carbonyl (C=O) groups is 1. The Hall–Kier alpha value is -0.650. The van der Waals surface area contributed by atoms with E-state index in [4.69, 9.17) is 5.84 Å². The van der Waals surface area contributed by atoms with Gasteiger partial charge in [-0.1, -0.05) is 6.92 Å². The minimum atomic E-state index is -0.414. The zero-order valence-corrected chi connectivity index (χ0v) is 10.6. The highest BCUT2D eigenvalue weighted by atomic mass is 16.2. The van der Waals surface area contributed by atoms with E-state index in [1.807, 2.05) is 13.8 Å². The van der Waals surface area contributed by atoms with Gasteiger partial charge >= 0.3 is 0 Å². The molecule has 0 aliphatic carbocycles. The molecule has 0 aromatic rings. The van der Waals surface area contributed by atoms with Crippen molar-refractivity contribution >= 4 is 5.91 Å². The van der Waals surface area contributed by atoms with Crippen LogP contribution >= 0.6 is 0 Å². The predicted octanol–water partition coefficient (Wildman–Crippen LogP) is -0.360. The van der Waals surface area contributed by atoms with Crippen LogP contribution < -0.4 is 11.3 Å². The second-order valence-corrected chi connectivity index (χ2v) is 5.07. The number of nitrogens with zero attached hydrogens (tertiary/aromatic N) is 2. The lowest BCUT2D eigenvalue weighted by atomic mass is 9.91. The van der Waals surface area contributed by atoms with Gasteiger partial charge in [-0.15, -0.1) is 0 Å². The molecule has 0 aromatic heterocycles. The number of rotatable bonds is 4. The molecule has 1 saturated heterocycles. The quantitative estimate of drug-likeness (QED) is 0.392. The molecular weight excluding hydrogens is 204 g/mol. The summed E-state index contributed by atoms with van der Waals surface area (Å²) in [5, 5.41) is 0. The lowest BCUT2D eigenvalue weighted by Crippen LogP contribution is -2.52. The molecule has 1 rings (SSSR count). The fourth-order valence-corrected chi connectivity index (χ4v) is 2.09. The number of hydrogen-bond acceptors (Lipinski definition) is 4. The molecule has 1 amide bonds. The molecular formula is C11H24N4O. The van der Waals surface area contributed by atoms with E-state index in [2.05, 4.69) is 22.1 Å². The molecule has 5 nitrogen and oxygen atoms in total. The van der Waals surface area contributed by atoms with Gasteiger partial charge in [-0.2, -0.15) is 0 Å². The summed E-state index contributed by atoms with van der Waals surface area (Å²) in [6.45, 7) is 12.2. The van der Waals surface area contributed by atoms with Crippen molar-refractivity contribution in [3.8, 4) is 0 Å². The molecule has 94 valence electrons. The summed E-state index contributed by atoms with van der Waals surface area (Å²) in [5.41, 5.74) is 1.83. The molecule has 16 heavy (non-hydrogen) atoms. The van der Waals surface area contributed by atoms with E-state index < -0.39 is 5.41 Å². The zero-order chi connectivity index (χ0) is 12.2. The predicted molar refractivity (Wildman–Crippen MR) is 64.7 cm³/mol. The highest BCUT2D eigenvalue weighted by molar-refractivity contribution is 5.81. The second-order valence-electron chi connectivity index (χ2n) is 5.07. The van der Waals surface area contributed by atoms with Crippen molar-refractivity contribution in [1.29, 1.82) is 0 Å². The third-order valence-corrected chi connectivity index (χ3v) is 3.28. The van der Waals surface area contributed by atoms with Gasteiger partial charge in [0.1, 0.15) is 0 Å². The maximum absolute atomic E-state index is 11.6. The maximum atomic E-state index is 11.6. The number of likely N-dealkylation sites (N-methyl/N-ethyl adjacent to an activating group) is 1. The molecule has 1 heterocycles. The van der Waals surface area contributed by atoms with Crippen molar-refractivity contribution in [1.82, 2.24) is 15.2 Å². The number of nitrogens with one attached hydrogen (secondary N) is 1. The molecule has 0 unspecified atom stereocenters. The first-order valence-corrected chi connectivity index (χ1v) is 5.95. The van der Waals surface area contributed by atoms with Crippen LogP contribution in [0.3, 0.4) is 0 Å². The van der Waals surface area contributed by atoms with Crippen LogP contribution in [0.4, 0.5) is 0 Å². The minimum Gasteiger partial charge on any atom is -0.301 e. The Balaban J connectivity index is 2.41. The van der Waals surface area contributed by atoms with Crippen molar-refractivity contribution < 1.29 is 4.79 Å². The molecule has 0 aromatic carbocycles. The third kappa shape index (κ3) is 3.43. The number of hydrazine groups is 1. The molecule has 1 aliphatic rings. The highest BCUT2D eigenvalue weighted by Crippen LogP contribution is 2.17. The normalized spacial score (nSPS) is 19.8. The average Bonchev–Trinajstić information content (AvgIpc) is 2.28. The van der Waals surface area contributed by atoms with E-state index in [9.17, 15) is 4.79 Å². The van der Waals surface area contributed by atoms with Crippen LogP contribution in [-0.4, -0.2) is 55.0 Å². The first-order chi connectivity index (χ1) is 7.49. The zero-order valence-electron chi connectivity index (χ0n) is 10.6. The SMILES string of the molecule is CCN1CCN(CC(C)(C)C(=O)NN)CC1. The number of piperazine rings is 1. The van der Waals surface area contributed by atoms with Gasteiger partial charge in [-0.3, -0.25) is 15.1 Å². The Labute approximate surface area is 97.9 Å². The summed E-state index contributed by atoms with van der Waals surface area (Å²) in [7, 11) is 0. The number of amides is 1. The molecule has 0 atom stereocenters. The topological polar surface area (TPSA) is 61.6 Å². The molecule has 0 saturated carbocycles. The number of carbonyl (C=O) groups excluding carboxylic acids is 1. The van der Waals surface area contributed by atoms with Crippen LogP contribution in [0.2, 0.25) is 0 Å². The summed E-state index contributed by atoms with van der Waals surface area (Å²) < 4.78 is 0. The van der Waals surface area contributed by atoms with Gasteiger partial charge in [0.2, 0.25) is 5.91 Å². The van der Waals surface area contributed by atoms with E-state index in [0.717, 1.165) is 39.3 Å². The lowest BCUT2D eigenvalue weighted by molar-refractivity contribution is -0.130. The number of hydrogen-bond donors (Lipinski definition) is 2. The van der Waals surface area contributed by atoms with Crippen molar-refractivity contribution in [3.05, 3.63) is 0 Å². The van der Waals surface area contributed by atoms with Gasteiger partial charge in [0.25, 0.3) is 0 Å². The van der Waals surface area contributed by atoms with Crippen LogP contribution in [0.5, 0.6) is 0 Å². The van der Waals surface area contributed by atoms with Crippen LogP contribution in [0.1, 0.15) is 20.8 Å². The molecule has 5 heteroatoms. The Bertz CT molecular complexity index is 234. The first-order valence-electron chi connectivity index (χ1n) is 5.95. The Morgan fingerprint density at radius 1 is 1.25 bits per heavy atom. The molecule has 3 N–H and O–H groups in total. The molecule has 0 spiro atoms. The summed E-state index contributed by atoms with van der Waals surface area (Å²) >= 11 is 0. The standard InChI is InChI=1S/C11H24N4O/c1-4-14-5-7-15(8-6-14)9-11(2,3)10(16)13-12/h4-9,12H2,1-3H3,(H,13,16). The Kier molecular flexibility index (Phi) is 4.70. The summed E-state index contributed by atoms with van der Waals surface area (Å²) in [6, 6.07) is 0. The van der Waals surface area contributed by atoms with Crippen LogP contribution in [0.25, 0.3) is 0 Å². The van der Waals surface area contributed by atoms with Crippen molar-refractivity contribution in [2.75, 3.05) is 39.3 Å². The largest absolute Gasteiger partial charge is 0.301 e. The summed E-state index contributed by atoms with van der Waals surface area (Å²) in [5.74, 6) is 5.09. The van der Waals surface area contributed by atoms with E-state index in [0.29, 0.717) is 0 Å². The lowest BCUT2D eigenvalue weighted by Gasteiger charge is -2.37. The van der Waals surface area contributed by atoms with Gasteiger partial charge in [0.05, 0.1) is 5.41 Å². The van der Waals surface area contributed by atoms with Gasteiger partial charge < -0.3 is 4.90 Å². The van der Waals surface area contributed by atoms with Crippen molar-refractivity contribution in [3.63, 3.8) is 0 Å². The van der Waals surface area contributed by atoms with E-state index in [-0.39, 0.29) is 5.91 Å². The van der Waals surface area contributed by atoms with Gasteiger partial charge in [0, 0.05) is 32.7 Å². The van der Waals surface area contributed by atoms with Crippen LogP contribution in [0.15, 0.2) is 0 Å². The van der Waals surface area contributed by atoms with Gasteiger partial charge in [0.15, 0.2) is 0 Å². The van der Waals surface area contributed by atoms with E-state index in [1.54, 1.807) is 0 Å². The Morgan fingerprint density at radius 3 is 2.19 bits per heavy atom. The fraction of sp³-hybridized carbons (Fsp3) is 0.909. The molecule has 0 bridgehead atoms. The molecule has 0 radical (unpaired) electrons. The Morgan fingerprint density at radius 2 is 1.75 bits per heavy atom. The first kappa shape index (κ1) is 13.4. The maximum Gasteiger partial charge on any atom is 0.240 e. The highest BCUT2D eigenvalue weighted by Gasteiger charge is 2.30. The number of nitrogens with two attached hydrogens (primary N) is 1.